The normalized spacial score (nSPS) is 24.1. The van der Waals surface area contributed by atoms with Crippen molar-refractivity contribution in [3.05, 3.63) is 10.6 Å². The second-order valence-corrected chi connectivity index (χ2v) is 1.98. The van der Waals surface area contributed by atoms with Gasteiger partial charge in [-0.05, 0) is 4.99 Å². The fourth-order valence-corrected chi connectivity index (χ4v) is 0.963. The van der Waals surface area contributed by atoms with Gasteiger partial charge in [0.2, 0.25) is 0 Å². The summed E-state index contributed by atoms with van der Waals surface area (Å²) in [6.07, 6.45) is 0.740. The molecule has 0 amide bonds. The molecule has 0 spiro atoms. The van der Waals surface area contributed by atoms with Crippen LogP contribution in [0.5, 0.6) is 0 Å². The van der Waals surface area contributed by atoms with E-state index in [4.69, 9.17) is 0 Å². The van der Waals surface area contributed by atoms with E-state index in [0.717, 1.165) is 12.0 Å². The van der Waals surface area contributed by atoms with Gasteiger partial charge in [0.25, 0.3) is 0 Å². The molecule has 2 nitrogen and oxygen atoms in total. The summed E-state index contributed by atoms with van der Waals surface area (Å²) in [6.45, 7) is 0.538. The molecule has 3 heteroatoms. The van der Waals surface area contributed by atoms with Crippen molar-refractivity contribution in [2.45, 2.75) is 6.42 Å². The van der Waals surface area contributed by atoms with Crippen LogP contribution >= 0.6 is 15.9 Å². The number of ether oxygens (including phenoxy) is 1. The highest BCUT2D eigenvalue weighted by Crippen LogP contribution is 2.13. The van der Waals surface area contributed by atoms with Crippen molar-refractivity contribution in [3.63, 3.8) is 0 Å². The van der Waals surface area contributed by atoms with Crippen molar-refractivity contribution < 1.29 is 9.53 Å². The van der Waals surface area contributed by atoms with Crippen molar-refractivity contribution in [3.8, 4) is 0 Å². The molecule has 1 aliphatic rings. The highest BCUT2D eigenvalue weighted by molar-refractivity contribution is 9.11. The molecule has 0 saturated carbocycles. The van der Waals surface area contributed by atoms with E-state index in [9.17, 15) is 4.79 Å². The van der Waals surface area contributed by atoms with Crippen LogP contribution in [-0.2, 0) is 9.53 Å². The summed E-state index contributed by atoms with van der Waals surface area (Å²) in [5, 5.41) is 0. The molecular weight excluding hydrogens is 172 g/mol. The fourth-order valence-electron chi connectivity index (χ4n) is 0.548. The van der Waals surface area contributed by atoms with Crippen LogP contribution in [0.4, 0.5) is 0 Å². The molecule has 0 N–H and O–H groups in total. The quantitative estimate of drug-likeness (QED) is 0.410. The minimum absolute atomic E-state index is 0.193. The van der Waals surface area contributed by atoms with E-state index in [1.807, 2.05) is 0 Å². The lowest BCUT2D eigenvalue weighted by Gasteiger charge is -1.83. The largest absolute Gasteiger partial charge is 0.462 e. The molecular formula is C5H5BrO2. The third-order valence-electron chi connectivity index (χ3n) is 0.998. The Balaban J connectivity index is 2.69. The Morgan fingerprint density at radius 3 is 2.75 bits per heavy atom. The molecule has 1 saturated heterocycles. The molecule has 1 aliphatic heterocycles. The van der Waals surface area contributed by atoms with Gasteiger partial charge in [-0.2, -0.15) is 0 Å². The Morgan fingerprint density at radius 1 is 1.75 bits per heavy atom. The van der Waals surface area contributed by atoms with Crippen molar-refractivity contribution in [2.75, 3.05) is 6.61 Å². The van der Waals surface area contributed by atoms with Crippen LogP contribution in [0.1, 0.15) is 6.42 Å². The zero-order valence-corrected chi connectivity index (χ0v) is 5.77. The predicted octanol–water partition coefficient (Wildman–Crippen LogP) is 1.21. The summed E-state index contributed by atoms with van der Waals surface area (Å²) in [5.41, 5.74) is 0.727. The lowest BCUT2D eigenvalue weighted by atomic mass is 10.3. The summed E-state index contributed by atoms with van der Waals surface area (Å²) in [4.78, 5) is 12.1. The standard InChI is InChI=1S/C5H5BrO2/c6-3-4-1-2-8-5(4)7/h3H,1-2H2/b4-3+. The van der Waals surface area contributed by atoms with Gasteiger partial charge in [0.05, 0.1) is 6.61 Å². The Morgan fingerprint density at radius 2 is 2.50 bits per heavy atom. The zero-order valence-electron chi connectivity index (χ0n) is 4.19. The third kappa shape index (κ3) is 0.916. The van der Waals surface area contributed by atoms with Crippen molar-refractivity contribution in [1.82, 2.24) is 0 Å². The smallest absolute Gasteiger partial charge is 0.334 e. The first-order chi connectivity index (χ1) is 3.84. The lowest BCUT2D eigenvalue weighted by molar-refractivity contribution is -0.135. The lowest BCUT2D eigenvalue weighted by Crippen LogP contribution is -1.92. The zero-order chi connectivity index (χ0) is 5.98. The van der Waals surface area contributed by atoms with Crippen LogP contribution in [0.2, 0.25) is 0 Å². The molecule has 44 valence electrons. The van der Waals surface area contributed by atoms with E-state index in [1.165, 1.54) is 0 Å². The summed E-state index contributed by atoms with van der Waals surface area (Å²) in [6, 6.07) is 0. The first-order valence-electron chi connectivity index (χ1n) is 2.31. The average molecular weight is 177 g/mol. The average Bonchev–Trinajstić information content (AvgIpc) is 2.14. The summed E-state index contributed by atoms with van der Waals surface area (Å²) < 4.78 is 4.62. The second-order valence-electron chi connectivity index (χ2n) is 1.52. The first-order valence-corrected chi connectivity index (χ1v) is 3.22. The Labute approximate surface area is 55.6 Å². The van der Waals surface area contributed by atoms with Crippen LogP contribution in [0.3, 0.4) is 0 Å². The molecule has 0 radical (unpaired) electrons. The SMILES string of the molecule is O=C1OCC/C1=C\Br. The molecule has 1 fully saturated rings. The van der Waals surface area contributed by atoms with Crippen molar-refractivity contribution >= 4 is 21.9 Å². The number of hydrogen-bond acceptors (Lipinski definition) is 2. The van der Waals surface area contributed by atoms with Crippen LogP contribution < -0.4 is 0 Å². The molecule has 0 aromatic rings. The number of carbonyl (C=O) groups excluding carboxylic acids is 1. The Kier molecular flexibility index (Phi) is 1.68. The van der Waals surface area contributed by atoms with Gasteiger partial charge in [-0.1, -0.05) is 15.9 Å². The predicted molar refractivity (Wildman–Crippen MR) is 32.6 cm³/mol. The van der Waals surface area contributed by atoms with E-state index in [1.54, 1.807) is 4.99 Å². The van der Waals surface area contributed by atoms with Gasteiger partial charge >= 0.3 is 5.97 Å². The number of rotatable bonds is 0. The molecule has 0 aliphatic carbocycles. The van der Waals surface area contributed by atoms with Gasteiger partial charge in [-0.15, -0.1) is 0 Å². The van der Waals surface area contributed by atoms with E-state index in [2.05, 4.69) is 20.7 Å². The monoisotopic (exact) mass is 176 g/mol. The number of cyclic esters (lactones) is 1. The topological polar surface area (TPSA) is 26.3 Å². The van der Waals surface area contributed by atoms with Crippen LogP contribution in [-0.4, -0.2) is 12.6 Å². The minimum atomic E-state index is -0.193. The van der Waals surface area contributed by atoms with E-state index < -0.39 is 0 Å². The summed E-state index contributed by atoms with van der Waals surface area (Å²) in [7, 11) is 0. The van der Waals surface area contributed by atoms with Crippen LogP contribution in [0, 0.1) is 0 Å². The molecule has 0 aromatic heterocycles. The van der Waals surface area contributed by atoms with Gasteiger partial charge in [-0.3, -0.25) is 0 Å². The molecule has 8 heavy (non-hydrogen) atoms. The van der Waals surface area contributed by atoms with Gasteiger partial charge in [0.15, 0.2) is 0 Å². The van der Waals surface area contributed by atoms with Crippen LogP contribution in [0.15, 0.2) is 10.6 Å². The molecule has 0 aromatic carbocycles. The van der Waals surface area contributed by atoms with Crippen LogP contribution in [0.25, 0.3) is 0 Å². The molecule has 1 heterocycles. The maximum Gasteiger partial charge on any atom is 0.334 e. The summed E-state index contributed by atoms with van der Waals surface area (Å²) in [5.74, 6) is -0.193. The van der Waals surface area contributed by atoms with Crippen molar-refractivity contribution in [1.29, 1.82) is 0 Å². The number of halogens is 1. The number of esters is 1. The van der Waals surface area contributed by atoms with E-state index >= 15 is 0 Å². The molecule has 0 bridgehead atoms. The molecule has 0 atom stereocenters. The molecule has 0 unspecified atom stereocenters. The minimum Gasteiger partial charge on any atom is -0.462 e. The van der Waals surface area contributed by atoms with E-state index in [0.29, 0.717) is 6.61 Å². The van der Waals surface area contributed by atoms with Gasteiger partial charge in [0.1, 0.15) is 0 Å². The second kappa shape index (κ2) is 2.31. The Hall–Kier alpha value is -0.310. The van der Waals surface area contributed by atoms with Gasteiger partial charge in [0, 0.05) is 12.0 Å². The first kappa shape index (κ1) is 5.82. The van der Waals surface area contributed by atoms with Crippen molar-refractivity contribution in [2.24, 2.45) is 0 Å². The number of hydrogen-bond donors (Lipinski definition) is 0. The highest BCUT2D eigenvalue weighted by atomic mass is 79.9. The summed E-state index contributed by atoms with van der Waals surface area (Å²) >= 11 is 3.05. The Bertz CT molecular complexity index is 139. The third-order valence-corrected chi connectivity index (χ3v) is 1.55. The van der Waals surface area contributed by atoms with Gasteiger partial charge < -0.3 is 4.74 Å². The highest BCUT2D eigenvalue weighted by Gasteiger charge is 2.16. The molecule has 1 rings (SSSR count). The maximum absolute atomic E-state index is 10.5. The fraction of sp³-hybridized carbons (Fsp3) is 0.400. The van der Waals surface area contributed by atoms with E-state index in [-0.39, 0.29) is 5.97 Å². The maximum atomic E-state index is 10.5. The van der Waals surface area contributed by atoms with Gasteiger partial charge in [-0.25, -0.2) is 4.79 Å². The number of carbonyl (C=O) groups is 1.